The smallest absolute Gasteiger partial charge is 0.155 e. The molecule has 0 bridgehead atoms. The van der Waals surface area contributed by atoms with Crippen molar-refractivity contribution in [2.24, 2.45) is 28.6 Å². The fourth-order valence-corrected chi connectivity index (χ4v) is 6.55. The third-order valence-electron chi connectivity index (χ3n) is 7.94. The average molecular weight is 304 g/mol. The van der Waals surface area contributed by atoms with E-state index in [1.54, 1.807) is 0 Å². The number of fused-ring (bicyclic) bond motifs is 5. The van der Waals surface area contributed by atoms with Crippen LogP contribution in [0, 0.1) is 28.6 Å². The maximum Gasteiger partial charge on any atom is 0.155 e. The van der Waals surface area contributed by atoms with E-state index in [-0.39, 0.29) is 10.8 Å². The molecule has 0 unspecified atom stereocenters. The van der Waals surface area contributed by atoms with Crippen molar-refractivity contribution in [2.75, 3.05) is 0 Å². The minimum atomic E-state index is -0.559. The zero-order chi connectivity index (χ0) is 15.7. The molecule has 122 valence electrons. The molecule has 4 rings (SSSR count). The number of hydrogen-bond acceptors (Lipinski definition) is 3. The number of aliphatic hydroxyl groups excluding tert-OH is 2. The van der Waals surface area contributed by atoms with Gasteiger partial charge in [0.05, 0.1) is 12.2 Å². The van der Waals surface area contributed by atoms with Crippen LogP contribution in [0.3, 0.4) is 0 Å². The van der Waals surface area contributed by atoms with Crippen LogP contribution in [0.2, 0.25) is 0 Å². The second-order valence-corrected chi connectivity index (χ2v) is 8.76. The second-order valence-electron chi connectivity index (χ2n) is 8.76. The lowest BCUT2D eigenvalue weighted by atomic mass is 9.47. The molecule has 0 radical (unpaired) electrons. The summed E-state index contributed by atoms with van der Waals surface area (Å²) in [4.78, 5) is 11.8. The molecule has 0 aromatic rings. The normalized spacial score (nSPS) is 54.3. The second kappa shape index (κ2) is 4.67. The van der Waals surface area contributed by atoms with E-state index in [0.29, 0.717) is 30.0 Å². The van der Waals surface area contributed by atoms with E-state index in [1.807, 2.05) is 6.08 Å². The lowest BCUT2D eigenvalue weighted by molar-refractivity contribution is -0.118. The molecule has 0 spiro atoms. The largest absolute Gasteiger partial charge is 0.390 e. The SMILES string of the molecule is C[C@]12CC[C@H]3[C@@H](CCC4=CC(=O)CC[C@@]43C)[C@@H]1C[C@H](O)[C@H]2O. The summed E-state index contributed by atoms with van der Waals surface area (Å²) >= 11 is 0. The van der Waals surface area contributed by atoms with E-state index < -0.39 is 12.2 Å². The van der Waals surface area contributed by atoms with Crippen LogP contribution < -0.4 is 0 Å². The van der Waals surface area contributed by atoms with E-state index in [2.05, 4.69) is 13.8 Å². The van der Waals surface area contributed by atoms with Gasteiger partial charge in [0.15, 0.2) is 5.78 Å². The molecule has 22 heavy (non-hydrogen) atoms. The van der Waals surface area contributed by atoms with Gasteiger partial charge in [-0.1, -0.05) is 19.4 Å². The van der Waals surface area contributed by atoms with Gasteiger partial charge in [-0.2, -0.15) is 0 Å². The van der Waals surface area contributed by atoms with Gasteiger partial charge < -0.3 is 10.2 Å². The molecule has 0 saturated heterocycles. The first kappa shape index (κ1) is 14.9. The third kappa shape index (κ3) is 1.78. The summed E-state index contributed by atoms with van der Waals surface area (Å²) in [7, 11) is 0. The van der Waals surface area contributed by atoms with Crippen LogP contribution in [0.1, 0.15) is 58.8 Å². The van der Waals surface area contributed by atoms with Crippen LogP contribution in [0.4, 0.5) is 0 Å². The number of aliphatic hydroxyl groups is 2. The molecule has 2 N–H and O–H groups in total. The van der Waals surface area contributed by atoms with Crippen LogP contribution in [-0.4, -0.2) is 28.2 Å². The Labute approximate surface area is 132 Å². The molecular weight excluding hydrogens is 276 g/mol. The highest BCUT2D eigenvalue weighted by Crippen LogP contribution is 2.65. The predicted molar refractivity (Wildman–Crippen MR) is 84.1 cm³/mol. The van der Waals surface area contributed by atoms with E-state index in [1.165, 1.54) is 5.57 Å². The van der Waals surface area contributed by atoms with Crippen molar-refractivity contribution in [3.63, 3.8) is 0 Å². The fourth-order valence-electron chi connectivity index (χ4n) is 6.55. The first-order valence-electron chi connectivity index (χ1n) is 8.96. The molecule has 7 atom stereocenters. The molecule has 0 amide bonds. The molecule has 3 nitrogen and oxygen atoms in total. The summed E-state index contributed by atoms with van der Waals surface area (Å²) in [5.74, 6) is 1.96. The van der Waals surface area contributed by atoms with Crippen molar-refractivity contribution in [3.8, 4) is 0 Å². The average Bonchev–Trinajstić information content (AvgIpc) is 2.72. The number of hydrogen-bond donors (Lipinski definition) is 2. The molecule has 0 aromatic heterocycles. The topological polar surface area (TPSA) is 57.5 Å². The van der Waals surface area contributed by atoms with E-state index in [4.69, 9.17) is 0 Å². The molecule has 3 saturated carbocycles. The Morgan fingerprint density at radius 3 is 2.64 bits per heavy atom. The highest BCUT2D eigenvalue weighted by Gasteiger charge is 2.60. The van der Waals surface area contributed by atoms with Crippen molar-refractivity contribution in [1.82, 2.24) is 0 Å². The summed E-state index contributed by atoms with van der Waals surface area (Å²) in [6.07, 6.45) is 7.56. The first-order valence-corrected chi connectivity index (χ1v) is 8.96. The number of allylic oxidation sites excluding steroid dienone is 1. The highest BCUT2D eigenvalue weighted by atomic mass is 16.3. The molecule has 0 heterocycles. The summed E-state index contributed by atoms with van der Waals surface area (Å²) in [6.45, 7) is 4.55. The van der Waals surface area contributed by atoms with Gasteiger partial charge in [-0.25, -0.2) is 0 Å². The standard InChI is InChI=1S/C19H28O3/c1-18-7-5-12(20)9-11(18)3-4-13-14(18)6-8-19(2)15(13)10-16(21)17(19)22/h9,13-17,21-22H,3-8,10H2,1-2H3/t13-,14+,15+,16+,17-,18+,19+/m1/s1. The van der Waals surface area contributed by atoms with Crippen molar-refractivity contribution < 1.29 is 15.0 Å². The van der Waals surface area contributed by atoms with Crippen LogP contribution in [0.5, 0.6) is 0 Å². The van der Waals surface area contributed by atoms with Crippen LogP contribution in [0.15, 0.2) is 11.6 Å². The summed E-state index contributed by atoms with van der Waals surface area (Å²) in [5, 5.41) is 20.7. The molecule has 3 fully saturated rings. The van der Waals surface area contributed by atoms with Gasteiger partial charge in [0.1, 0.15) is 0 Å². The van der Waals surface area contributed by atoms with Crippen LogP contribution >= 0.6 is 0 Å². The molecule has 4 aliphatic rings. The Morgan fingerprint density at radius 1 is 1.09 bits per heavy atom. The number of rotatable bonds is 0. The number of carbonyl (C=O) groups excluding carboxylic acids is 1. The maximum atomic E-state index is 11.8. The highest BCUT2D eigenvalue weighted by molar-refractivity contribution is 5.91. The molecule has 3 heteroatoms. The Bertz CT molecular complexity index is 539. The predicted octanol–water partition coefficient (Wildman–Crippen LogP) is 2.85. The van der Waals surface area contributed by atoms with Crippen LogP contribution in [-0.2, 0) is 4.79 Å². The van der Waals surface area contributed by atoms with E-state index >= 15 is 0 Å². The molecular formula is C19H28O3. The van der Waals surface area contributed by atoms with Crippen molar-refractivity contribution >= 4 is 5.78 Å². The number of carbonyl (C=O) groups is 1. The van der Waals surface area contributed by atoms with Crippen LogP contribution in [0.25, 0.3) is 0 Å². The monoisotopic (exact) mass is 304 g/mol. The Balaban J connectivity index is 1.69. The number of ketones is 1. The molecule has 0 aromatic carbocycles. The van der Waals surface area contributed by atoms with Gasteiger partial charge in [-0.3, -0.25) is 4.79 Å². The summed E-state index contributed by atoms with van der Waals surface area (Å²) in [6, 6.07) is 0. The van der Waals surface area contributed by atoms with Gasteiger partial charge >= 0.3 is 0 Å². The fraction of sp³-hybridized carbons (Fsp3) is 0.842. The van der Waals surface area contributed by atoms with Gasteiger partial charge in [0.2, 0.25) is 0 Å². The zero-order valence-corrected chi connectivity index (χ0v) is 13.7. The van der Waals surface area contributed by atoms with Gasteiger partial charge in [-0.05, 0) is 73.2 Å². The lowest BCUT2D eigenvalue weighted by Crippen LogP contribution is -2.51. The Kier molecular flexibility index (Phi) is 3.16. The molecule has 4 aliphatic carbocycles. The zero-order valence-electron chi connectivity index (χ0n) is 13.7. The van der Waals surface area contributed by atoms with Crippen molar-refractivity contribution in [1.29, 1.82) is 0 Å². The van der Waals surface area contributed by atoms with Crippen molar-refractivity contribution in [2.45, 2.75) is 71.0 Å². The Morgan fingerprint density at radius 2 is 1.86 bits per heavy atom. The minimum absolute atomic E-state index is 0.108. The minimum Gasteiger partial charge on any atom is -0.390 e. The van der Waals surface area contributed by atoms with Gasteiger partial charge in [0.25, 0.3) is 0 Å². The van der Waals surface area contributed by atoms with Gasteiger partial charge in [-0.15, -0.1) is 0 Å². The third-order valence-corrected chi connectivity index (χ3v) is 7.94. The van der Waals surface area contributed by atoms with E-state index in [0.717, 1.165) is 38.5 Å². The van der Waals surface area contributed by atoms with Gasteiger partial charge in [0, 0.05) is 6.42 Å². The summed E-state index contributed by atoms with van der Waals surface area (Å²) in [5.41, 5.74) is 1.45. The quantitative estimate of drug-likeness (QED) is 0.723. The first-order chi connectivity index (χ1) is 10.4. The van der Waals surface area contributed by atoms with Crippen molar-refractivity contribution in [3.05, 3.63) is 11.6 Å². The molecule has 0 aliphatic heterocycles. The maximum absolute atomic E-state index is 11.8. The summed E-state index contributed by atoms with van der Waals surface area (Å²) < 4.78 is 0. The Hall–Kier alpha value is -0.670. The van der Waals surface area contributed by atoms with E-state index in [9.17, 15) is 15.0 Å². The lowest BCUT2D eigenvalue weighted by Gasteiger charge is -2.57.